The molecule has 7 heteroatoms. The third-order valence-corrected chi connectivity index (χ3v) is 4.72. The predicted molar refractivity (Wildman–Crippen MR) is 103 cm³/mol. The molecule has 0 unspecified atom stereocenters. The van der Waals surface area contributed by atoms with E-state index in [1.54, 1.807) is 31.3 Å². The Kier molecular flexibility index (Phi) is 6.24. The minimum Gasteiger partial charge on any atom is -0.392 e. The van der Waals surface area contributed by atoms with Crippen molar-refractivity contribution in [1.29, 1.82) is 0 Å². The van der Waals surface area contributed by atoms with Gasteiger partial charge >= 0.3 is 0 Å². The number of aliphatic hydroxyl groups is 1. The quantitative estimate of drug-likeness (QED) is 0.637. The van der Waals surface area contributed by atoms with Crippen LogP contribution in [0.25, 0.3) is 0 Å². The van der Waals surface area contributed by atoms with Gasteiger partial charge in [-0.25, -0.2) is 8.78 Å². The number of anilines is 1. The second-order valence-corrected chi connectivity index (χ2v) is 6.41. The molecule has 1 saturated heterocycles. The Morgan fingerprint density at radius 1 is 1.07 bits per heavy atom. The number of piperazine rings is 1. The van der Waals surface area contributed by atoms with Crippen molar-refractivity contribution in [2.45, 2.75) is 13.2 Å². The molecule has 0 atom stereocenters. The van der Waals surface area contributed by atoms with E-state index in [2.05, 4.69) is 15.2 Å². The van der Waals surface area contributed by atoms with Gasteiger partial charge in [0.25, 0.3) is 0 Å². The summed E-state index contributed by atoms with van der Waals surface area (Å²) in [6, 6.07) is 11.5. The number of nitrogens with zero attached hydrogens (tertiary/aromatic N) is 3. The second kappa shape index (κ2) is 8.81. The van der Waals surface area contributed by atoms with Gasteiger partial charge in [-0.15, -0.1) is 0 Å². The van der Waals surface area contributed by atoms with Crippen molar-refractivity contribution in [3.05, 3.63) is 65.2 Å². The van der Waals surface area contributed by atoms with Crippen LogP contribution in [0.4, 0.5) is 14.5 Å². The lowest BCUT2D eigenvalue weighted by Gasteiger charge is -2.37. The van der Waals surface area contributed by atoms with Gasteiger partial charge in [0.05, 0.1) is 12.3 Å². The zero-order valence-corrected chi connectivity index (χ0v) is 15.3. The van der Waals surface area contributed by atoms with Gasteiger partial charge in [-0.05, 0) is 29.8 Å². The lowest BCUT2D eigenvalue weighted by Crippen LogP contribution is -2.52. The average molecular weight is 374 g/mol. The summed E-state index contributed by atoms with van der Waals surface area (Å²) in [5.74, 6) is 0.136. The third-order valence-electron chi connectivity index (χ3n) is 4.72. The third kappa shape index (κ3) is 4.54. The molecule has 0 aromatic heterocycles. The van der Waals surface area contributed by atoms with Gasteiger partial charge in [0.15, 0.2) is 5.96 Å². The van der Waals surface area contributed by atoms with Crippen LogP contribution in [0.1, 0.15) is 11.1 Å². The summed E-state index contributed by atoms with van der Waals surface area (Å²) in [6.07, 6.45) is 0. The molecule has 1 aliphatic rings. The molecule has 0 bridgehead atoms. The Morgan fingerprint density at radius 2 is 1.81 bits per heavy atom. The maximum atomic E-state index is 14.0. The first kappa shape index (κ1) is 19.1. The van der Waals surface area contributed by atoms with E-state index in [0.29, 0.717) is 25.3 Å². The van der Waals surface area contributed by atoms with Crippen LogP contribution in [0, 0.1) is 11.6 Å². The van der Waals surface area contributed by atoms with Gasteiger partial charge in [0.2, 0.25) is 0 Å². The first-order valence-electron chi connectivity index (χ1n) is 8.95. The van der Waals surface area contributed by atoms with E-state index in [1.807, 2.05) is 11.0 Å². The number of hydrogen-bond acceptors (Lipinski definition) is 3. The summed E-state index contributed by atoms with van der Waals surface area (Å²) < 4.78 is 27.4. The fourth-order valence-electron chi connectivity index (χ4n) is 3.24. The summed E-state index contributed by atoms with van der Waals surface area (Å²) >= 11 is 0. The molecule has 0 saturated carbocycles. The van der Waals surface area contributed by atoms with E-state index >= 15 is 0 Å². The maximum absolute atomic E-state index is 14.0. The number of rotatable bonds is 4. The van der Waals surface area contributed by atoms with Gasteiger partial charge in [0.1, 0.15) is 11.6 Å². The predicted octanol–water partition coefficient (Wildman–Crippen LogP) is 2.35. The summed E-state index contributed by atoms with van der Waals surface area (Å²) in [7, 11) is 1.72. The molecular formula is C20H24F2N4O. The van der Waals surface area contributed by atoms with E-state index in [-0.39, 0.29) is 18.0 Å². The SMILES string of the molecule is CN=C(NCc1ccc(F)c(CO)c1)N1CCN(c2ccccc2F)CC1. The number of aliphatic hydroxyl groups excluding tert-OH is 1. The van der Waals surface area contributed by atoms with E-state index in [1.165, 1.54) is 12.1 Å². The highest BCUT2D eigenvalue weighted by atomic mass is 19.1. The molecule has 2 N–H and O–H groups in total. The fourth-order valence-corrected chi connectivity index (χ4v) is 3.24. The van der Waals surface area contributed by atoms with Crippen molar-refractivity contribution < 1.29 is 13.9 Å². The molecule has 3 rings (SSSR count). The smallest absolute Gasteiger partial charge is 0.194 e. The summed E-state index contributed by atoms with van der Waals surface area (Å²) in [4.78, 5) is 8.47. The molecule has 1 aliphatic heterocycles. The molecule has 27 heavy (non-hydrogen) atoms. The average Bonchev–Trinajstić information content (AvgIpc) is 2.70. The van der Waals surface area contributed by atoms with Crippen LogP contribution >= 0.6 is 0 Å². The minimum atomic E-state index is -0.408. The number of aliphatic imine (C=N–C) groups is 1. The molecule has 144 valence electrons. The van der Waals surface area contributed by atoms with Crippen LogP contribution < -0.4 is 10.2 Å². The number of halogens is 2. The Bertz CT molecular complexity index is 804. The maximum Gasteiger partial charge on any atom is 0.194 e. The van der Waals surface area contributed by atoms with Crippen LogP contribution in [-0.2, 0) is 13.2 Å². The van der Waals surface area contributed by atoms with Crippen LogP contribution in [0.5, 0.6) is 0 Å². The van der Waals surface area contributed by atoms with Crippen LogP contribution in [0.3, 0.4) is 0 Å². The first-order valence-corrected chi connectivity index (χ1v) is 8.95. The van der Waals surface area contributed by atoms with Crippen molar-refractivity contribution in [3.63, 3.8) is 0 Å². The normalized spacial score (nSPS) is 15.2. The highest BCUT2D eigenvalue weighted by Gasteiger charge is 2.21. The number of benzene rings is 2. The van der Waals surface area contributed by atoms with Gasteiger partial charge in [-0.2, -0.15) is 0 Å². The van der Waals surface area contributed by atoms with Crippen molar-refractivity contribution in [3.8, 4) is 0 Å². The Labute approximate surface area is 157 Å². The van der Waals surface area contributed by atoms with Crippen molar-refractivity contribution >= 4 is 11.6 Å². The summed E-state index contributed by atoms with van der Waals surface area (Å²) in [6.45, 7) is 3.00. The van der Waals surface area contributed by atoms with E-state index in [9.17, 15) is 13.9 Å². The van der Waals surface area contributed by atoms with Crippen molar-refractivity contribution in [1.82, 2.24) is 10.2 Å². The molecule has 0 spiro atoms. The molecule has 5 nitrogen and oxygen atoms in total. The highest BCUT2D eigenvalue weighted by molar-refractivity contribution is 5.80. The Balaban J connectivity index is 1.57. The minimum absolute atomic E-state index is 0.204. The zero-order chi connectivity index (χ0) is 19.2. The van der Waals surface area contributed by atoms with Crippen LogP contribution in [0.2, 0.25) is 0 Å². The van der Waals surface area contributed by atoms with E-state index in [4.69, 9.17) is 0 Å². The zero-order valence-electron chi connectivity index (χ0n) is 15.3. The van der Waals surface area contributed by atoms with Crippen molar-refractivity contribution in [2.24, 2.45) is 4.99 Å². The number of guanidine groups is 1. The molecule has 2 aromatic carbocycles. The summed E-state index contributed by atoms with van der Waals surface area (Å²) in [5.41, 5.74) is 1.78. The lowest BCUT2D eigenvalue weighted by molar-refractivity contribution is 0.275. The first-order chi connectivity index (χ1) is 13.1. The molecule has 0 aliphatic carbocycles. The highest BCUT2D eigenvalue weighted by Crippen LogP contribution is 2.20. The number of hydrogen-bond donors (Lipinski definition) is 2. The van der Waals surface area contributed by atoms with E-state index < -0.39 is 5.82 Å². The lowest BCUT2D eigenvalue weighted by atomic mass is 10.1. The number of nitrogens with one attached hydrogen (secondary N) is 1. The standard InChI is InChI=1S/C20H24F2N4O/c1-23-20(24-13-15-6-7-17(21)16(12-15)14-27)26-10-8-25(9-11-26)19-5-3-2-4-18(19)22/h2-7,12,27H,8-11,13-14H2,1H3,(H,23,24). The van der Waals surface area contributed by atoms with Gasteiger partial charge in [0, 0.05) is 45.3 Å². The molecular weight excluding hydrogens is 350 g/mol. The topological polar surface area (TPSA) is 51.1 Å². The van der Waals surface area contributed by atoms with E-state index in [0.717, 1.165) is 24.6 Å². The number of para-hydroxylation sites is 1. The molecule has 2 aromatic rings. The monoisotopic (exact) mass is 374 g/mol. The molecule has 0 radical (unpaired) electrons. The molecule has 1 fully saturated rings. The Hall–Kier alpha value is -2.67. The molecule has 1 heterocycles. The largest absolute Gasteiger partial charge is 0.392 e. The van der Waals surface area contributed by atoms with Crippen molar-refractivity contribution in [2.75, 3.05) is 38.1 Å². The molecule has 0 amide bonds. The fraction of sp³-hybridized carbons (Fsp3) is 0.350. The van der Waals surface area contributed by atoms with Crippen LogP contribution in [-0.4, -0.2) is 49.2 Å². The van der Waals surface area contributed by atoms with Gasteiger partial charge < -0.3 is 20.2 Å². The Morgan fingerprint density at radius 3 is 2.48 bits per heavy atom. The van der Waals surface area contributed by atoms with Crippen LogP contribution in [0.15, 0.2) is 47.5 Å². The second-order valence-electron chi connectivity index (χ2n) is 6.41. The summed E-state index contributed by atoms with van der Waals surface area (Å²) in [5, 5.41) is 12.5. The van der Waals surface area contributed by atoms with Gasteiger partial charge in [-0.1, -0.05) is 18.2 Å². The van der Waals surface area contributed by atoms with Gasteiger partial charge in [-0.3, -0.25) is 4.99 Å².